The van der Waals surface area contributed by atoms with Crippen LogP contribution in [0.2, 0.25) is 0 Å². The smallest absolute Gasteiger partial charge is 0.329 e. The van der Waals surface area contributed by atoms with Crippen LogP contribution in [-0.2, 0) is 22.6 Å². The minimum absolute atomic E-state index is 0.00124. The third-order valence-electron chi connectivity index (χ3n) is 5.16. The normalized spacial score (nSPS) is 17.6. The molecule has 0 saturated heterocycles. The molecule has 3 heterocycles. The number of halogens is 3. The molecule has 1 aliphatic heterocycles. The molecule has 1 atom stereocenters. The van der Waals surface area contributed by atoms with Crippen LogP contribution in [0.1, 0.15) is 31.4 Å². The molecule has 0 unspecified atom stereocenters. The quantitative estimate of drug-likeness (QED) is 0.622. The van der Waals surface area contributed by atoms with Crippen molar-refractivity contribution in [2.75, 3.05) is 17.7 Å². The van der Waals surface area contributed by atoms with E-state index in [2.05, 4.69) is 15.0 Å². The minimum atomic E-state index is -4.56. The summed E-state index contributed by atoms with van der Waals surface area (Å²) in [5, 5.41) is 0. The Morgan fingerprint density at radius 1 is 1.13 bits per heavy atom. The molecule has 0 radical (unpaired) electrons. The SMILES string of the molecule is CC(C)[C@H]1c2nc3ccc(S(C)(=O)=O)cc3n2CCN1c1nccc(C(F)(F)F)n1. The van der Waals surface area contributed by atoms with Gasteiger partial charge in [-0.25, -0.2) is 23.4 Å². The van der Waals surface area contributed by atoms with Gasteiger partial charge in [-0.1, -0.05) is 13.8 Å². The number of nitrogens with zero attached hydrogens (tertiary/aromatic N) is 5. The van der Waals surface area contributed by atoms with Crippen molar-refractivity contribution in [3.63, 3.8) is 0 Å². The number of imidazole rings is 1. The summed E-state index contributed by atoms with van der Waals surface area (Å²) in [6.07, 6.45) is -2.31. The standard InChI is InChI=1S/C19H20F3N5O2S/c1-11(2)16-17-24-13-5-4-12(30(3,28)29)10-14(13)26(17)8-9-27(16)18-23-7-6-15(25-18)19(20,21)22/h4-7,10-11,16H,8-9H2,1-3H3/t16-/m0/s1. The first-order chi connectivity index (χ1) is 14.0. The van der Waals surface area contributed by atoms with Crippen LogP contribution < -0.4 is 4.90 Å². The highest BCUT2D eigenvalue weighted by molar-refractivity contribution is 7.90. The summed E-state index contributed by atoms with van der Waals surface area (Å²) in [4.78, 5) is 14.4. The molecule has 11 heteroatoms. The highest BCUT2D eigenvalue weighted by Crippen LogP contribution is 2.37. The molecule has 0 aliphatic carbocycles. The maximum absolute atomic E-state index is 13.1. The highest BCUT2D eigenvalue weighted by Gasteiger charge is 2.37. The van der Waals surface area contributed by atoms with E-state index < -0.39 is 21.7 Å². The van der Waals surface area contributed by atoms with Crippen LogP contribution in [0.25, 0.3) is 11.0 Å². The number of aromatic nitrogens is 4. The van der Waals surface area contributed by atoms with Crippen LogP contribution in [0, 0.1) is 5.92 Å². The van der Waals surface area contributed by atoms with Crippen molar-refractivity contribution in [2.45, 2.75) is 37.5 Å². The maximum Gasteiger partial charge on any atom is 0.433 e. The Morgan fingerprint density at radius 2 is 1.87 bits per heavy atom. The average Bonchev–Trinajstić information content (AvgIpc) is 3.03. The predicted molar refractivity (Wildman–Crippen MR) is 105 cm³/mol. The first-order valence-electron chi connectivity index (χ1n) is 9.34. The Bertz CT molecular complexity index is 1220. The molecule has 4 rings (SSSR count). The summed E-state index contributed by atoms with van der Waals surface area (Å²) in [6, 6.07) is 5.24. The second kappa shape index (κ2) is 6.93. The lowest BCUT2D eigenvalue weighted by Crippen LogP contribution is -2.42. The van der Waals surface area contributed by atoms with E-state index in [0.717, 1.165) is 18.5 Å². The summed E-state index contributed by atoms with van der Waals surface area (Å²) < 4.78 is 65.2. The van der Waals surface area contributed by atoms with Gasteiger partial charge in [0.05, 0.1) is 22.0 Å². The summed E-state index contributed by atoms with van der Waals surface area (Å²) in [5.74, 6) is 0.643. The fourth-order valence-electron chi connectivity index (χ4n) is 3.83. The number of hydrogen-bond acceptors (Lipinski definition) is 6. The van der Waals surface area contributed by atoms with Crippen LogP contribution >= 0.6 is 0 Å². The van der Waals surface area contributed by atoms with Gasteiger partial charge in [0.1, 0.15) is 11.5 Å². The summed E-state index contributed by atoms with van der Waals surface area (Å²) in [5.41, 5.74) is 0.324. The lowest BCUT2D eigenvalue weighted by Gasteiger charge is -2.38. The van der Waals surface area contributed by atoms with E-state index in [1.807, 2.05) is 18.4 Å². The molecule has 30 heavy (non-hydrogen) atoms. The molecule has 3 aromatic rings. The fourth-order valence-corrected chi connectivity index (χ4v) is 4.47. The van der Waals surface area contributed by atoms with Crippen molar-refractivity contribution < 1.29 is 21.6 Å². The Labute approximate surface area is 171 Å². The Morgan fingerprint density at radius 3 is 2.50 bits per heavy atom. The Kier molecular flexibility index (Phi) is 4.75. The second-order valence-electron chi connectivity index (χ2n) is 7.67. The molecule has 0 amide bonds. The van der Waals surface area contributed by atoms with Gasteiger partial charge in [0.25, 0.3) is 0 Å². The maximum atomic E-state index is 13.1. The zero-order valence-electron chi connectivity index (χ0n) is 16.6. The lowest BCUT2D eigenvalue weighted by atomic mass is 10.00. The largest absolute Gasteiger partial charge is 0.433 e. The monoisotopic (exact) mass is 439 g/mol. The van der Waals surface area contributed by atoms with Crippen LogP contribution in [0.4, 0.5) is 19.1 Å². The van der Waals surface area contributed by atoms with Gasteiger partial charge in [-0.3, -0.25) is 0 Å². The molecule has 1 aromatic carbocycles. The van der Waals surface area contributed by atoms with Crippen molar-refractivity contribution in [1.29, 1.82) is 0 Å². The summed E-state index contributed by atoms with van der Waals surface area (Å²) in [7, 11) is -3.38. The number of fused-ring (bicyclic) bond motifs is 3. The molecule has 2 aromatic heterocycles. The minimum Gasteiger partial charge on any atom is -0.329 e. The van der Waals surface area contributed by atoms with Crippen LogP contribution in [0.5, 0.6) is 0 Å². The first-order valence-corrected chi connectivity index (χ1v) is 11.2. The van der Waals surface area contributed by atoms with E-state index in [9.17, 15) is 21.6 Å². The zero-order valence-corrected chi connectivity index (χ0v) is 17.4. The third kappa shape index (κ3) is 3.51. The van der Waals surface area contributed by atoms with E-state index in [4.69, 9.17) is 0 Å². The van der Waals surface area contributed by atoms with E-state index in [1.54, 1.807) is 17.0 Å². The van der Waals surface area contributed by atoms with Gasteiger partial charge in [0, 0.05) is 25.5 Å². The molecule has 0 fully saturated rings. The van der Waals surface area contributed by atoms with E-state index in [0.29, 0.717) is 29.9 Å². The van der Waals surface area contributed by atoms with Crippen molar-refractivity contribution >= 4 is 26.8 Å². The average molecular weight is 439 g/mol. The van der Waals surface area contributed by atoms with Crippen LogP contribution in [0.3, 0.4) is 0 Å². The molecule has 0 N–H and O–H groups in total. The number of sulfone groups is 1. The Hall–Kier alpha value is -2.69. The van der Waals surface area contributed by atoms with E-state index in [1.165, 1.54) is 6.07 Å². The molecule has 0 saturated carbocycles. The van der Waals surface area contributed by atoms with E-state index >= 15 is 0 Å². The highest BCUT2D eigenvalue weighted by atomic mass is 32.2. The fraction of sp³-hybridized carbons (Fsp3) is 0.421. The number of benzene rings is 1. The molecule has 1 aliphatic rings. The lowest BCUT2D eigenvalue weighted by molar-refractivity contribution is -0.141. The summed E-state index contributed by atoms with van der Waals surface area (Å²) in [6.45, 7) is 4.68. The van der Waals surface area contributed by atoms with Gasteiger partial charge < -0.3 is 9.47 Å². The van der Waals surface area contributed by atoms with Gasteiger partial charge >= 0.3 is 6.18 Å². The molecule has 0 bridgehead atoms. The van der Waals surface area contributed by atoms with Crippen molar-refractivity contribution in [3.05, 3.63) is 42.0 Å². The van der Waals surface area contributed by atoms with Crippen LogP contribution in [-0.4, -0.2) is 40.7 Å². The molecule has 160 valence electrons. The van der Waals surface area contributed by atoms with Crippen LogP contribution in [0.15, 0.2) is 35.4 Å². The Balaban J connectivity index is 1.83. The van der Waals surface area contributed by atoms with Crippen molar-refractivity contribution in [3.8, 4) is 0 Å². The predicted octanol–water partition coefficient (Wildman–Crippen LogP) is 3.47. The molecular weight excluding hydrogens is 419 g/mol. The van der Waals surface area contributed by atoms with Crippen molar-refractivity contribution in [2.24, 2.45) is 5.92 Å². The van der Waals surface area contributed by atoms with E-state index in [-0.39, 0.29) is 22.8 Å². The molecule has 7 nitrogen and oxygen atoms in total. The third-order valence-corrected chi connectivity index (χ3v) is 6.27. The van der Waals surface area contributed by atoms with Gasteiger partial charge in [-0.05, 0) is 30.2 Å². The topological polar surface area (TPSA) is 81.0 Å². The number of alkyl halides is 3. The van der Waals surface area contributed by atoms with Gasteiger partial charge in [0.2, 0.25) is 5.95 Å². The molecule has 0 spiro atoms. The van der Waals surface area contributed by atoms with Gasteiger partial charge in [-0.15, -0.1) is 0 Å². The van der Waals surface area contributed by atoms with Gasteiger partial charge in [-0.2, -0.15) is 13.2 Å². The number of anilines is 1. The first kappa shape index (κ1) is 20.6. The van der Waals surface area contributed by atoms with Crippen molar-refractivity contribution in [1.82, 2.24) is 19.5 Å². The number of hydrogen-bond donors (Lipinski definition) is 0. The summed E-state index contributed by atoms with van der Waals surface area (Å²) >= 11 is 0. The zero-order chi connectivity index (χ0) is 21.8. The number of rotatable bonds is 3. The second-order valence-corrected chi connectivity index (χ2v) is 9.68. The van der Waals surface area contributed by atoms with Gasteiger partial charge in [0.15, 0.2) is 9.84 Å². The molecular formula is C19H20F3N5O2S.